The van der Waals surface area contributed by atoms with E-state index in [-0.39, 0.29) is 24.9 Å². The van der Waals surface area contributed by atoms with Gasteiger partial charge in [-0.15, -0.1) is 0 Å². The molecule has 1 aliphatic rings. The van der Waals surface area contributed by atoms with Crippen LogP contribution in [0.2, 0.25) is 5.02 Å². The molecule has 0 saturated carbocycles. The molecule has 1 aliphatic heterocycles. The molecule has 1 saturated heterocycles. The van der Waals surface area contributed by atoms with Crippen molar-refractivity contribution in [3.8, 4) is 0 Å². The molecule has 2 unspecified atom stereocenters. The zero-order valence-electron chi connectivity index (χ0n) is 11.4. The number of rotatable bonds is 5. The summed E-state index contributed by atoms with van der Waals surface area (Å²) >= 11 is 5.88. The van der Waals surface area contributed by atoms with Crippen molar-refractivity contribution in [1.29, 1.82) is 0 Å². The van der Waals surface area contributed by atoms with Gasteiger partial charge < -0.3 is 9.84 Å². The summed E-state index contributed by atoms with van der Waals surface area (Å²) in [5.41, 5.74) is 0.420. The van der Waals surface area contributed by atoms with Crippen LogP contribution in [0.25, 0.3) is 0 Å². The first-order valence-electron chi connectivity index (χ1n) is 6.33. The van der Waals surface area contributed by atoms with Gasteiger partial charge in [-0.25, -0.2) is 0 Å². The Hall–Kier alpha value is -1.70. The van der Waals surface area contributed by atoms with Gasteiger partial charge in [0.15, 0.2) is 0 Å². The van der Waals surface area contributed by atoms with E-state index in [2.05, 4.69) is 0 Å². The number of nitrogens with zero attached hydrogens (tertiary/aromatic N) is 2. The number of hydrogen-bond donors (Lipinski definition) is 1. The number of carboxylic acid groups (broad SMARTS) is 1. The Labute approximate surface area is 126 Å². The first-order chi connectivity index (χ1) is 9.90. The molecule has 7 nitrogen and oxygen atoms in total. The fourth-order valence-corrected chi connectivity index (χ4v) is 2.65. The highest BCUT2D eigenvalue weighted by Gasteiger charge is 2.37. The van der Waals surface area contributed by atoms with E-state index in [9.17, 15) is 14.9 Å². The van der Waals surface area contributed by atoms with E-state index in [0.717, 1.165) is 0 Å². The van der Waals surface area contributed by atoms with Crippen LogP contribution in [-0.4, -0.2) is 47.2 Å². The summed E-state index contributed by atoms with van der Waals surface area (Å²) in [7, 11) is 1.72. The second-order valence-corrected chi connectivity index (χ2v) is 5.43. The Morgan fingerprint density at radius 3 is 2.90 bits per heavy atom. The molecule has 2 rings (SSSR count). The van der Waals surface area contributed by atoms with Crippen molar-refractivity contribution in [3.63, 3.8) is 0 Å². The van der Waals surface area contributed by atoms with Crippen LogP contribution in [0.15, 0.2) is 18.2 Å². The van der Waals surface area contributed by atoms with E-state index >= 15 is 0 Å². The molecule has 0 aromatic heterocycles. The van der Waals surface area contributed by atoms with Crippen molar-refractivity contribution in [2.45, 2.75) is 12.6 Å². The molecule has 114 valence electrons. The van der Waals surface area contributed by atoms with Gasteiger partial charge in [0.1, 0.15) is 0 Å². The molecular formula is C13H15ClN2O5. The second-order valence-electron chi connectivity index (χ2n) is 4.99. The van der Waals surface area contributed by atoms with Crippen LogP contribution in [0.1, 0.15) is 5.56 Å². The van der Waals surface area contributed by atoms with Crippen molar-refractivity contribution in [2.24, 2.45) is 5.92 Å². The average molecular weight is 315 g/mol. The third kappa shape index (κ3) is 3.49. The first-order valence-corrected chi connectivity index (χ1v) is 6.71. The number of halogens is 1. The first kappa shape index (κ1) is 15.7. The summed E-state index contributed by atoms with van der Waals surface area (Å²) in [6, 6.07) is 4.02. The molecule has 0 radical (unpaired) electrons. The van der Waals surface area contributed by atoms with Crippen LogP contribution in [0.4, 0.5) is 5.69 Å². The number of carboxylic acids is 1. The van der Waals surface area contributed by atoms with Gasteiger partial charge in [-0.2, -0.15) is 0 Å². The molecular weight excluding hydrogens is 300 g/mol. The molecule has 0 aliphatic carbocycles. The SMILES string of the molecule is CN(Cc1cc(Cl)ccc1[N+](=O)[O-])C1COCC1C(=O)O. The average Bonchev–Trinajstić information content (AvgIpc) is 2.87. The molecule has 1 fully saturated rings. The molecule has 1 aromatic carbocycles. The summed E-state index contributed by atoms with van der Waals surface area (Å²) < 4.78 is 5.21. The van der Waals surface area contributed by atoms with Crippen LogP contribution < -0.4 is 0 Å². The minimum atomic E-state index is -0.926. The summed E-state index contributed by atoms with van der Waals surface area (Å²) in [6.07, 6.45) is 0. The Kier molecular flexibility index (Phi) is 4.76. The predicted molar refractivity (Wildman–Crippen MR) is 75.3 cm³/mol. The van der Waals surface area contributed by atoms with Gasteiger partial charge in [0.25, 0.3) is 5.69 Å². The number of carbonyl (C=O) groups is 1. The zero-order valence-corrected chi connectivity index (χ0v) is 12.1. The number of nitro benzene ring substituents is 1. The molecule has 1 N–H and O–H groups in total. The summed E-state index contributed by atoms with van der Waals surface area (Å²) in [5, 5.41) is 20.6. The number of likely N-dealkylation sites (N-methyl/N-ethyl adjacent to an activating group) is 1. The number of hydrogen-bond acceptors (Lipinski definition) is 5. The van der Waals surface area contributed by atoms with Gasteiger partial charge in [0.2, 0.25) is 0 Å². The number of benzene rings is 1. The van der Waals surface area contributed by atoms with Crippen molar-refractivity contribution < 1.29 is 19.6 Å². The third-order valence-electron chi connectivity index (χ3n) is 3.59. The Bertz CT molecular complexity index is 565. The lowest BCUT2D eigenvalue weighted by atomic mass is 10.0. The lowest BCUT2D eigenvalue weighted by molar-refractivity contribution is -0.385. The Morgan fingerprint density at radius 2 is 2.29 bits per heavy atom. The molecule has 0 spiro atoms. The van der Waals surface area contributed by atoms with Crippen LogP contribution in [-0.2, 0) is 16.1 Å². The molecule has 0 bridgehead atoms. The molecule has 21 heavy (non-hydrogen) atoms. The standard InChI is InChI=1S/C13H15ClN2O5/c1-15(12-7-21-6-10(12)13(17)18)5-8-4-9(14)2-3-11(8)16(19)20/h2-4,10,12H,5-7H2,1H3,(H,17,18). The third-order valence-corrected chi connectivity index (χ3v) is 3.83. The summed E-state index contributed by atoms with van der Waals surface area (Å²) in [5.74, 6) is -1.56. The van der Waals surface area contributed by atoms with E-state index in [1.54, 1.807) is 11.9 Å². The number of aliphatic carboxylic acids is 1. The van der Waals surface area contributed by atoms with Crippen molar-refractivity contribution in [2.75, 3.05) is 20.3 Å². The summed E-state index contributed by atoms with van der Waals surface area (Å²) in [6.45, 7) is 0.679. The quantitative estimate of drug-likeness (QED) is 0.658. The second kappa shape index (κ2) is 6.38. The lowest BCUT2D eigenvalue weighted by Gasteiger charge is -2.26. The van der Waals surface area contributed by atoms with Crippen LogP contribution >= 0.6 is 11.6 Å². The topological polar surface area (TPSA) is 92.9 Å². The van der Waals surface area contributed by atoms with E-state index in [0.29, 0.717) is 17.2 Å². The van der Waals surface area contributed by atoms with Gasteiger partial charge >= 0.3 is 5.97 Å². The largest absolute Gasteiger partial charge is 0.481 e. The highest BCUT2D eigenvalue weighted by molar-refractivity contribution is 6.30. The molecule has 8 heteroatoms. The zero-order chi connectivity index (χ0) is 15.6. The van der Waals surface area contributed by atoms with Crippen molar-refractivity contribution >= 4 is 23.3 Å². The van der Waals surface area contributed by atoms with Crippen LogP contribution in [0, 0.1) is 16.0 Å². The van der Waals surface area contributed by atoms with E-state index in [4.69, 9.17) is 21.4 Å². The lowest BCUT2D eigenvalue weighted by Crippen LogP contribution is -2.40. The minimum Gasteiger partial charge on any atom is -0.481 e. The van der Waals surface area contributed by atoms with Gasteiger partial charge in [-0.1, -0.05) is 11.6 Å². The normalized spacial score (nSPS) is 21.7. The Balaban J connectivity index is 2.19. The predicted octanol–water partition coefficient (Wildman–Crippen LogP) is 1.78. The van der Waals surface area contributed by atoms with Gasteiger partial charge in [0.05, 0.1) is 24.1 Å². The maximum atomic E-state index is 11.2. The minimum absolute atomic E-state index is 0.0305. The van der Waals surface area contributed by atoms with E-state index in [1.165, 1.54) is 18.2 Å². The van der Waals surface area contributed by atoms with Crippen molar-refractivity contribution in [3.05, 3.63) is 38.9 Å². The van der Waals surface area contributed by atoms with Gasteiger partial charge in [-0.05, 0) is 19.2 Å². The van der Waals surface area contributed by atoms with Gasteiger partial charge in [0, 0.05) is 29.2 Å². The van der Waals surface area contributed by atoms with E-state index < -0.39 is 16.8 Å². The monoisotopic (exact) mass is 314 g/mol. The van der Waals surface area contributed by atoms with Crippen LogP contribution in [0.5, 0.6) is 0 Å². The maximum Gasteiger partial charge on any atom is 0.310 e. The molecule has 2 atom stereocenters. The smallest absolute Gasteiger partial charge is 0.310 e. The molecule has 1 heterocycles. The number of nitro groups is 1. The highest BCUT2D eigenvalue weighted by Crippen LogP contribution is 2.26. The Morgan fingerprint density at radius 1 is 1.57 bits per heavy atom. The van der Waals surface area contributed by atoms with Crippen molar-refractivity contribution in [1.82, 2.24) is 4.90 Å². The van der Waals surface area contributed by atoms with Crippen LogP contribution in [0.3, 0.4) is 0 Å². The fraction of sp³-hybridized carbons (Fsp3) is 0.462. The van der Waals surface area contributed by atoms with E-state index in [1.807, 2.05) is 0 Å². The molecule has 1 aromatic rings. The fourth-order valence-electron chi connectivity index (χ4n) is 2.46. The maximum absolute atomic E-state index is 11.2. The number of ether oxygens (including phenoxy) is 1. The molecule has 0 amide bonds. The van der Waals surface area contributed by atoms with Gasteiger partial charge in [-0.3, -0.25) is 19.8 Å². The highest BCUT2D eigenvalue weighted by atomic mass is 35.5. The summed E-state index contributed by atoms with van der Waals surface area (Å²) in [4.78, 5) is 23.5.